The quantitative estimate of drug-likeness (QED) is 0.932. The number of hydrogen-bond acceptors (Lipinski definition) is 3. The number of nitrogens with two attached hydrogens (primary N) is 1. The molecular formula is C12H12F3N3O. The first-order valence-electron chi connectivity index (χ1n) is 5.51. The molecule has 0 aliphatic rings. The Bertz CT molecular complexity index is 563. The van der Waals surface area contributed by atoms with Gasteiger partial charge in [-0.05, 0) is 25.1 Å². The zero-order valence-electron chi connectivity index (χ0n) is 10.1. The first-order chi connectivity index (χ1) is 8.86. The van der Waals surface area contributed by atoms with E-state index >= 15 is 0 Å². The first-order valence-corrected chi connectivity index (χ1v) is 5.51. The largest absolute Gasteiger partial charge is 0.454 e. The molecule has 0 amide bonds. The summed E-state index contributed by atoms with van der Waals surface area (Å²) >= 11 is 0. The van der Waals surface area contributed by atoms with Crippen molar-refractivity contribution in [3.05, 3.63) is 42.2 Å². The van der Waals surface area contributed by atoms with Crippen LogP contribution in [0.5, 0.6) is 11.5 Å². The van der Waals surface area contributed by atoms with Crippen molar-refractivity contribution in [1.29, 1.82) is 0 Å². The third-order valence-corrected chi connectivity index (χ3v) is 2.39. The molecule has 1 heterocycles. The molecule has 0 radical (unpaired) electrons. The predicted molar refractivity (Wildman–Crippen MR) is 62.6 cm³/mol. The van der Waals surface area contributed by atoms with Gasteiger partial charge in [-0.3, -0.25) is 4.68 Å². The van der Waals surface area contributed by atoms with E-state index in [1.54, 1.807) is 6.92 Å². The fraction of sp³-hybridized carbons (Fsp3) is 0.250. The lowest BCUT2D eigenvalue weighted by atomic mass is 10.2. The van der Waals surface area contributed by atoms with Crippen molar-refractivity contribution in [2.24, 2.45) is 5.73 Å². The summed E-state index contributed by atoms with van der Waals surface area (Å²) in [5.41, 5.74) is 4.84. The fourth-order valence-electron chi connectivity index (χ4n) is 1.47. The number of benzene rings is 1. The molecule has 1 aromatic heterocycles. The standard InChI is InChI=1S/C12H12F3N3O/c1-8(16)18-7-11(6-17-18)19-10-4-2-3-9(5-10)12(13,14)15/h2-8H,16H2,1H3. The molecule has 2 N–H and O–H groups in total. The molecule has 2 aromatic rings. The van der Waals surface area contributed by atoms with Crippen LogP contribution in [-0.4, -0.2) is 9.78 Å². The summed E-state index contributed by atoms with van der Waals surface area (Å²) in [4.78, 5) is 0. The van der Waals surface area contributed by atoms with E-state index in [9.17, 15) is 13.2 Å². The van der Waals surface area contributed by atoms with Gasteiger partial charge < -0.3 is 10.5 Å². The van der Waals surface area contributed by atoms with Crippen molar-refractivity contribution in [2.75, 3.05) is 0 Å². The first kappa shape index (κ1) is 13.4. The number of alkyl halides is 3. The lowest BCUT2D eigenvalue weighted by molar-refractivity contribution is -0.137. The average molecular weight is 271 g/mol. The minimum Gasteiger partial charge on any atom is -0.454 e. The minimum atomic E-state index is -4.39. The molecular weight excluding hydrogens is 259 g/mol. The fourth-order valence-corrected chi connectivity index (χ4v) is 1.47. The normalized spacial score (nSPS) is 13.3. The van der Waals surface area contributed by atoms with Crippen LogP contribution >= 0.6 is 0 Å². The van der Waals surface area contributed by atoms with Crippen LogP contribution in [0.25, 0.3) is 0 Å². The van der Waals surface area contributed by atoms with Gasteiger partial charge in [0.1, 0.15) is 5.75 Å². The zero-order chi connectivity index (χ0) is 14.0. The summed E-state index contributed by atoms with van der Waals surface area (Å²) in [6.45, 7) is 1.72. The average Bonchev–Trinajstić information content (AvgIpc) is 2.77. The van der Waals surface area contributed by atoms with Gasteiger partial charge in [0.2, 0.25) is 0 Å². The summed E-state index contributed by atoms with van der Waals surface area (Å²) in [5, 5.41) is 3.93. The molecule has 0 fully saturated rings. The lowest BCUT2D eigenvalue weighted by Crippen LogP contribution is -2.14. The van der Waals surface area contributed by atoms with Crippen molar-refractivity contribution in [3.63, 3.8) is 0 Å². The second kappa shape index (κ2) is 4.93. The highest BCUT2D eigenvalue weighted by Gasteiger charge is 2.30. The highest BCUT2D eigenvalue weighted by Crippen LogP contribution is 2.32. The molecule has 2 rings (SSSR count). The van der Waals surface area contributed by atoms with Gasteiger partial charge in [0.05, 0.1) is 24.1 Å². The highest BCUT2D eigenvalue weighted by atomic mass is 19.4. The number of rotatable bonds is 3. The molecule has 102 valence electrons. The number of halogens is 3. The van der Waals surface area contributed by atoms with Gasteiger partial charge in [0, 0.05) is 0 Å². The Labute approximate surface area is 107 Å². The maximum absolute atomic E-state index is 12.5. The van der Waals surface area contributed by atoms with Crippen molar-refractivity contribution < 1.29 is 17.9 Å². The van der Waals surface area contributed by atoms with Crippen molar-refractivity contribution in [2.45, 2.75) is 19.3 Å². The smallest absolute Gasteiger partial charge is 0.416 e. The Morgan fingerprint density at radius 2 is 2.05 bits per heavy atom. The van der Waals surface area contributed by atoms with Crippen LogP contribution < -0.4 is 10.5 Å². The van der Waals surface area contributed by atoms with Gasteiger partial charge in [-0.1, -0.05) is 6.07 Å². The monoisotopic (exact) mass is 271 g/mol. The van der Waals surface area contributed by atoms with Crippen LogP contribution in [0, 0.1) is 0 Å². The zero-order valence-corrected chi connectivity index (χ0v) is 10.1. The maximum atomic E-state index is 12.5. The molecule has 0 saturated heterocycles. The predicted octanol–water partition coefficient (Wildman–Crippen LogP) is 3.17. The van der Waals surface area contributed by atoms with E-state index in [1.165, 1.54) is 29.2 Å². The number of nitrogens with zero attached hydrogens (tertiary/aromatic N) is 2. The topological polar surface area (TPSA) is 53.1 Å². The molecule has 0 spiro atoms. The van der Waals surface area contributed by atoms with E-state index in [-0.39, 0.29) is 11.9 Å². The molecule has 0 aliphatic heterocycles. The number of aromatic nitrogens is 2. The Kier molecular flexibility index (Phi) is 3.48. The SMILES string of the molecule is CC(N)n1cc(Oc2cccc(C(F)(F)F)c2)cn1. The van der Waals surface area contributed by atoms with Gasteiger partial charge in [-0.15, -0.1) is 0 Å². The van der Waals surface area contributed by atoms with Gasteiger partial charge in [-0.2, -0.15) is 18.3 Å². The molecule has 7 heteroatoms. The minimum absolute atomic E-state index is 0.0963. The van der Waals surface area contributed by atoms with Crippen molar-refractivity contribution >= 4 is 0 Å². The van der Waals surface area contributed by atoms with Crippen molar-refractivity contribution in [3.8, 4) is 11.5 Å². The Hall–Kier alpha value is -2.02. The van der Waals surface area contributed by atoms with Crippen LogP contribution in [0.4, 0.5) is 13.2 Å². The highest BCUT2D eigenvalue weighted by molar-refractivity contribution is 5.33. The summed E-state index contributed by atoms with van der Waals surface area (Å²) in [5.74, 6) is 0.427. The number of hydrogen-bond donors (Lipinski definition) is 1. The summed E-state index contributed by atoms with van der Waals surface area (Å²) in [7, 11) is 0. The van der Waals surface area contributed by atoms with Crippen LogP contribution in [-0.2, 0) is 6.18 Å². The summed E-state index contributed by atoms with van der Waals surface area (Å²) < 4.78 is 44.3. The Balaban J connectivity index is 2.19. The van der Waals surface area contributed by atoms with E-state index in [4.69, 9.17) is 10.5 Å². The second-order valence-corrected chi connectivity index (χ2v) is 4.02. The van der Waals surface area contributed by atoms with E-state index in [1.807, 2.05) is 0 Å². The third-order valence-electron chi connectivity index (χ3n) is 2.39. The van der Waals surface area contributed by atoms with Crippen LogP contribution in [0.1, 0.15) is 18.7 Å². The van der Waals surface area contributed by atoms with Gasteiger partial charge >= 0.3 is 6.18 Å². The molecule has 1 atom stereocenters. The molecule has 0 aliphatic carbocycles. The summed E-state index contributed by atoms with van der Waals surface area (Å²) in [6, 6.07) is 4.65. The Morgan fingerprint density at radius 3 is 2.63 bits per heavy atom. The van der Waals surface area contributed by atoms with Gasteiger partial charge in [0.25, 0.3) is 0 Å². The second-order valence-electron chi connectivity index (χ2n) is 4.02. The van der Waals surface area contributed by atoms with E-state index in [2.05, 4.69) is 5.10 Å². The van der Waals surface area contributed by atoms with E-state index in [0.717, 1.165) is 12.1 Å². The van der Waals surface area contributed by atoms with Crippen molar-refractivity contribution in [1.82, 2.24) is 9.78 Å². The summed E-state index contributed by atoms with van der Waals surface area (Å²) in [6.07, 6.45) is -1.82. The Morgan fingerprint density at radius 1 is 1.32 bits per heavy atom. The van der Waals surface area contributed by atoms with Crippen LogP contribution in [0.15, 0.2) is 36.7 Å². The lowest BCUT2D eigenvalue weighted by Gasteiger charge is -2.08. The van der Waals surface area contributed by atoms with E-state index < -0.39 is 11.7 Å². The molecule has 19 heavy (non-hydrogen) atoms. The third kappa shape index (κ3) is 3.25. The molecule has 0 bridgehead atoms. The van der Waals surface area contributed by atoms with Gasteiger partial charge in [-0.25, -0.2) is 0 Å². The van der Waals surface area contributed by atoms with Crippen LogP contribution in [0.2, 0.25) is 0 Å². The van der Waals surface area contributed by atoms with Crippen LogP contribution in [0.3, 0.4) is 0 Å². The number of ether oxygens (including phenoxy) is 1. The molecule has 4 nitrogen and oxygen atoms in total. The van der Waals surface area contributed by atoms with Gasteiger partial charge in [0.15, 0.2) is 5.75 Å². The molecule has 0 saturated carbocycles. The maximum Gasteiger partial charge on any atom is 0.416 e. The molecule has 1 aromatic carbocycles. The molecule has 1 unspecified atom stereocenters. The van der Waals surface area contributed by atoms with E-state index in [0.29, 0.717) is 5.75 Å².